The van der Waals surface area contributed by atoms with Crippen LogP contribution < -0.4 is 15.4 Å². The number of aryl methyl sites for hydroxylation is 1. The largest absolute Gasteiger partial charge is 0.493 e. The first-order valence-corrected chi connectivity index (χ1v) is 9.99. The zero-order chi connectivity index (χ0) is 21.2. The van der Waals surface area contributed by atoms with Crippen LogP contribution in [-0.2, 0) is 11.3 Å². The number of nitrogens with zero attached hydrogens (tertiary/aromatic N) is 3. The highest BCUT2D eigenvalue weighted by Crippen LogP contribution is 2.18. The molecule has 0 spiro atoms. The number of para-hydroxylation sites is 1. The van der Waals surface area contributed by atoms with Gasteiger partial charge in [-0.1, -0.05) is 24.3 Å². The zero-order valence-electron chi connectivity index (χ0n) is 18.2. The highest BCUT2D eigenvalue weighted by molar-refractivity contribution is 14.0. The van der Waals surface area contributed by atoms with Crippen molar-refractivity contribution < 1.29 is 9.47 Å². The maximum absolute atomic E-state index is 5.77. The second-order valence-electron chi connectivity index (χ2n) is 6.80. The summed E-state index contributed by atoms with van der Waals surface area (Å²) in [5, 5.41) is 11.2. The molecule has 8 heteroatoms. The number of hydrogen-bond donors (Lipinski definition) is 2. The van der Waals surface area contributed by atoms with E-state index in [1.807, 2.05) is 60.3 Å². The van der Waals surface area contributed by atoms with Crippen molar-refractivity contribution >= 4 is 35.6 Å². The van der Waals surface area contributed by atoms with Crippen molar-refractivity contribution in [2.24, 2.45) is 4.99 Å². The van der Waals surface area contributed by atoms with E-state index < -0.39 is 0 Å². The topological polar surface area (TPSA) is 72.7 Å². The molecule has 166 valence electrons. The molecule has 31 heavy (non-hydrogen) atoms. The lowest BCUT2D eigenvalue weighted by Gasteiger charge is -2.15. The van der Waals surface area contributed by atoms with Gasteiger partial charge in [-0.25, -0.2) is 4.68 Å². The van der Waals surface area contributed by atoms with Gasteiger partial charge in [0.05, 0.1) is 18.0 Å². The van der Waals surface area contributed by atoms with Gasteiger partial charge < -0.3 is 20.1 Å². The molecule has 1 aromatic heterocycles. The van der Waals surface area contributed by atoms with E-state index in [1.165, 1.54) is 0 Å². The highest BCUT2D eigenvalue weighted by Gasteiger charge is 2.07. The molecule has 0 amide bonds. The van der Waals surface area contributed by atoms with E-state index >= 15 is 0 Å². The van der Waals surface area contributed by atoms with Gasteiger partial charge in [-0.3, -0.25) is 4.99 Å². The van der Waals surface area contributed by atoms with Gasteiger partial charge in [0.1, 0.15) is 5.75 Å². The van der Waals surface area contributed by atoms with Gasteiger partial charge in [0.2, 0.25) is 0 Å². The van der Waals surface area contributed by atoms with Crippen LogP contribution in [0.3, 0.4) is 0 Å². The predicted molar refractivity (Wildman–Crippen MR) is 136 cm³/mol. The summed E-state index contributed by atoms with van der Waals surface area (Å²) in [5.74, 6) is 1.49. The van der Waals surface area contributed by atoms with Gasteiger partial charge in [-0.2, -0.15) is 5.10 Å². The van der Waals surface area contributed by atoms with Crippen LogP contribution in [0.25, 0.3) is 5.69 Å². The third-order valence-electron chi connectivity index (χ3n) is 4.49. The number of nitrogens with one attached hydrogen (secondary N) is 2. The summed E-state index contributed by atoms with van der Waals surface area (Å²) in [7, 11) is 3.45. The van der Waals surface area contributed by atoms with E-state index in [0.29, 0.717) is 25.7 Å². The van der Waals surface area contributed by atoms with E-state index in [-0.39, 0.29) is 24.0 Å². The van der Waals surface area contributed by atoms with Crippen LogP contribution in [-0.4, -0.2) is 43.1 Å². The number of halogens is 1. The number of rotatable bonds is 9. The van der Waals surface area contributed by atoms with Gasteiger partial charge in [-0.15, -0.1) is 24.0 Å². The third-order valence-corrected chi connectivity index (χ3v) is 4.49. The monoisotopic (exact) mass is 535 g/mol. The lowest BCUT2D eigenvalue weighted by atomic mass is 10.2. The molecule has 0 aliphatic rings. The summed E-state index contributed by atoms with van der Waals surface area (Å²) in [6, 6.07) is 18.0. The van der Waals surface area contributed by atoms with Crippen LogP contribution >= 0.6 is 24.0 Å². The minimum absolute atomic E-state index is 0. The first-order chi connectivity index (χ1) is 14.7. The van der Waals surface area contributed by atoms with Crippen molar-refractivity contribution in [3.63, 3.8) is 0 Å². The Morgan fingerprint density at radius 2 is 1.94 bits per heavy atom. The van der Waals surface area contributed by atoms with E-state index in [9.17, 15) is 0 Å². The molecule has 3 aromatic rings. The second-order valence-corrected chi connectivity index (χ2v) is 6.80. The van der Waals surface area contributed by atoms with Crippen molar-refractivity contribution in [3.8, 4) is 11.4 Å². The summed E-state index contributed by atoms with van der Waals surface area (Å²) in [6.07, 6.45) is 2.83. The molecule has 7 nitrogen and oxygen atoms in total. The fourth-order valence-electron chi connectivity index (χ4n) is 2.98. The molecule has 3 rings (SSSR count). The Bertz CT molecular complexity index is 974. The molecule has 0 saturated carbocycles. The van der Waals surface area contributed by atoms with E-state index in [0.717, 1.165) is 34.8 Å². The van der Waals surface area contributed by atoms with Gasteiger partial charge in [0, 0.05) is 51.7 Å². The Morgan fingerprint density at radius 1 is 1.10 bits per heavy atom. The van der Waals surface area contributed by atoms with Crippen LogP contribution in [0.5, 0.6) is 5.75 Å². The highest BCUT2D eigenvalue weighted by atomic mass is 127. The zero-order valence-corrected chi connectivity index (χ0v) is 20.5. The molecule has 2 N–H and O–H groups in total. The summed E-state index contributed by atoms with van der Waals surface area (Å²) in [4.78, 5) is 4.34. The van der Waals surface area contributed by atoms with Crippen molar-refractivity contribution in [1.29, 1.82) is 0 Å². The van der Waals surface area contributed by atoms with Crippen LogP contribution in [0.15, 0.2) is 65.8 Å². The summed E-state index contributed by atoms with van der Waals surface area (Å²) in [6.45, 7) is 3.91. The van der Waals surface area contributed by atoms with Crippen molar-refractivity contribution in [3.05, 3.63) is 72.1 Å². The van der Waals surface area contributed by atoms with Crippen LogP contribution in [0.4, 0.5) is 5.69 Å². The molecule has 1 heterocycles. The van der Waals surface area contributed by atoms with Gasteiger partial charge in [0.25, 0.3) is 0 Å². The molecule has 0 aliphatic carbocycles. The molecular weight excluding hydrogens is 505 g/mol. The Kier molecular flexibility index (Phi) is 10.3. The predicted octanol–water partition coefficient (Wildman–Crippen LogP) is 4.40. The average Bonchev–Trinajstić information content (AvgIpc) is 3.21. The number of aliphatic imine (C=N–C) groups is 1. The van der Waals surface area contributed by atoms with Crippen LogP contribution in [0.1, 0.15) is 17.7 Å². The van der Waals surface area contributed by atoms with E-state index in [4.69, 9.17) is 9.47 Å². The van der Waals surface area contributed by atoms with Gasteiger partial charge in [-0.05, 0) is 36.8 Å². The fraction of sp³-hybridized carbons (Fsp3) is 0.304. The Hall–Kier alpha value is -2.59. The molecular formula is C23H30IN5O2. The first kappa shape index (κ1) is 24.7. The van der Waals surface area contributed by atoms with Crippen molar-refractivity contribution in [1.82, 2.24) is 15.1 Å². The molecule has 0 aliphatic heterocycles. The second kappa shape index (κ2) is 13.0. The molecule has 0 bridgehead atoms. The normalized spacial score (nSPS) is 11.0. The summed E-state index contributed by atoms with van der Waals surface area (Å²) in [5.41, 5.74) is 4.06. The smallest absolute Gasteiger partial charge is 0.195 e. The fourth-order valence-corrected chi connectivity index (χ4v) is 2.98. The summed E-state index contributed by atoms with van der Waals surface area (Å²) >= 11 is 0. The lowest BCUT2D eigenvalue weighted by molar-refractivity contribution is 0.172. The molecule has 0 radical (unpaired) electrons. The molecule has 0 saturated heterocycles. The van der Waals surface area contributed by atoms with E-state index in [2.05, 4.69) is 32.9 Å². The Morgan fingerprint density at radius 3 is 2.68 bits per heavy atom. The Labute approximate surface area is 200 Å². The average molecular weight is 535 g/mol. The maximum Gasteiger partial charge on any atom is 0.195 e. The van der Waals surface area contributed by atoms with Crippen LogP contribution in [0.2, 0.25) is 0 Å². The number of benzene rings is 2. The van der Waals surface area contributed by atoms with Crippen molar-refractivity contribution in [2.75, 3.05) is 32.7 Å². The molecule has 0 fully saturated rings. The Balaban J connectivity index is 0.00000341. The number of ether oxygens (including phenoxy) is 2. The quantitative estimate of drug-likeness (QED) is 0.184. The molecule has 0 unspecified atom stereocenters. The summed E-state index contributed by atoms with van der Waals surface area (Å²) < 4.78 is 12.7. The maximum atomic E-state index is 5.77. The number of anilines is 1. The number of guanidine groups is 1. The van der Waals surface area contributed by atoms with Gasteiger partial charge in [0.15, 0.2) is 5.96 Å². The minimum Gasteiger partial charge on any atom is -0.493 e. The van der Waals surface area contributed by atoms with E-state index in [1.54, 1.807) is 14.2 Å². The lowest BCUT2D eigenvalue weighted by Crippen LogP contribution is -2.30. The standard InChI is InChI=1S/C23H29N5O2.HI/c1-18-12-13-28(27-18)22-11-5-4-8-19(22)17-25-23(24-2)26-20-9-6-10-21(16-20)30-15-7-14-29-3;/h4-6,8-13,16H,7,14-15,17H2,1-3H3,(H2,24,25,26);1H. The minimum atomic E-state index is 0. The SMILES string of the molecule is CN=C(NCc1ccccc1-n1ccc(C)n1)Nc1cccc(OCCCOC)c1.I. The van der Waals surface area contributed by atoms with Crippen LogP contribution in [0, 0.1) is 6.92 Å². The van der Waals surface area contributed by atoms with Crippen molar-refractivity contribution in [2.45, 2.75) is 19.9 Å². The molecule has 2 aromatic carbocycles. The third kappa shape index (κ3) is 7.55. The number of aromatic nitrogens is 2. The molecule has 0 atom stereocenters. The number of hydrogen-bond acceptors (Lipinski definition) is 4. The van der Waals surface area contributed by atoms with Gasteiger partial charge >= 0.3 is 0 Å². The first-order valence-electron chi connectivity index (χ1n) is 9.99. The number of methoxy groups -OCH3 is 1.